The van der Waals surface area contributed by atoms with Crippen molar-refractivity contribution in [2.45, 2.75) is 329 Å². The van der Waals surface area contributed by atoms with Gasteiger partial charge in [0.15, 0.2) is 6.10 Å². The lowest BCUT2D eigenvalue weighted by molar-refractivity contribution is -0.167. The highest BCUT2D eigenvalue weighted by molar-refractivity contribution is 5.71. The summed E-state index contributed by atoms with van der Waals surface area (Å²) in [5.41, 5.74) is 0. The normalized spacial score (nSPS) is 12.8. The minimum absolute atomic E-state index is 0.105. The van der Waals surface area contributed by atoms with Crippen LogP contribution in [0.4, 0.5) is 0 Å². The number of unbranched alkanes of at least 4 members (excludes halogenated alkanes) is 32. The highest BCUT2D eigenvalue weighted by Gasteiger charge is 2.19. The molecular weight excluding hydrogens is 985 g/mol. The fourth-order valence-corrected chi connectivity index (χ4v) is 9.47. The van der Waals surface area contributed by atoms with E-state index in [4.69, 9.17) is 14.2 Å². The molecule has 0 saturated heterocycles. The van der Waals surface area contributed by atoms with E-state index < -0.39 is 6.10 Å². The summed E-state index contributed by atoms with van der Waals surface area (Å²) < 4.78 is 16.9. The van der Waals surface area contributed by atoms with Gasteiger partial charge in [0.05, 0.1) is 0 Å². The predicted octanol–water partition coefficient (Wildman–Crippen LogP) is 23.4. The van der Waals surface area contributed by atoms with Crippen LogP contribution in [-0.4, -0.2) is 37.2 Å². The standard InChI is InChI=1S/C74H126O6/c1-4-7-10-13-16-19-22-25-27-29-31-33-35-36-37-39-40-42-44-46-49-52-55-58-61-64-67-73(76)79-70-71(69-78-72(75)66-63-60-57-54-51-48-24-21-18-15-12-9-6-3)80-74(77)68-65-62-59-56-53-50-47-45-43-41-38-34-32-30-28-26-23-20-17-14-11-8-5-2/h8,11-12,15,17,20-21,24,26,28,32,34,41,43,47,50,56,59,71H,4-7,9-10,13-14,16,18-19,22-23,25,27,29-31,33,35-40,42,44-46,48-49,51-55,57-58,60-70H2,1-3H3/b11-8-,15-12-,20-17-,24-21-,28-26-,34-32-,43-41-,50-47-,59-56-. The van der Waals surface area contributed by atoms with Crippen LogP contribution < -0.4 is 0 Å². The number of hydrogen-bond acceptors (Lipinski definition) is 6. The fourth-order valence-electron chi connectivity index (χ4n) is 9.47. The van der Waals surface area contributed by atoms with Gasteiger partial charge in [0.1, 0.15) is 13.2 Å². The molecule has 0 aromatic heterocycles. The van der Waals surface area contributed by atoms with Crippen LogP contribution in [0.1, 0.15) is 323 Å². The summed E-state index contributed by atoms with van der Waals surface area (Å²) in [6.07, 6.45) is 92.7. The number of allylic oxidation sites excluding steroid dienone is 18. The number of hydrogen-bond donors (Lipinski definition) is 0. The molecular formula is C74H126O6. The largest absolute Gasteiger partial charge is 0.462 e. The number of carbonyl (C=O) groups excluding carboxylic acids is 3. The molecule has 0 bridgehead atoms. The zero-order valence-corrected chi connectivity index (χ0v) is 52.6. The average molecular weight is 1110 g/mol. The van der Waals surface area contributed by atoms with Crippen LogP contribution in [0.25, 0.3) is 0 Å². The summed E-state index contributed by atoms with van der Waals surface area (Å²) in [6.45, 7) is 6.44. The smallest absolute Gasteiger partial charge is 0.306 e. The Kier molecular flexibility index (Phi) is 64.3. The molecule has 458 valence electrons. The number of rotatable bonds is 61. The summed E-state index contributed by atoms with van der Waals surface area (Å²) in [7, 11) is 0. The number of carbonyl (C=O) groups is 3. The Morgan fingerprint density at radius 2 is 0.525 bits per heavy atom. The van der Waals surface area contributed by atoms with Gasteiger partial charge < -0.3 is 14.2 Å². The minimum Gasteiger partial charge on any atom is -0.462 e. The minimum atomic E-state index is -0.817. The second kappa shape index (κ2) is 67.6. The third-order valence-corrected chi connectivity index (χ3v) is 14.5. The lowest BCUT2D eigenvalue weighted by atomic mass is 10.0. The Hall–Kier alpha value is -3.93. The predicted molar refractivity (Wildman–Crippen MR) is 348 cm³/mol. The first-order chi connectivity index (χ1) is 39.5. The van der Waals surface area contributed by atoms with Crippen LogP contribution in [0.3, 0.4) is 0 Å². The van der Waals surface area contributed by atoms with E-state index in [0.29, 0.717) is 19.3 Å². The average Bonchev–Trinajstić information content (AvgIpc) is 3.46. The van der Waals surface area contributed by atoms with Gasteiger partial charge in [-0.25, -0.2) is 0 Å². The van der Waals surface area contributed by atoms with Gasteiger partial charge in [-0.3, -0.25) is 14.4 Å². The topological polar surface area (TPSA) is 78.9 Å². The van der Waals surface area contributed by atoms with Gasteiger partial charge in [-0.2, -0.15) is 0 Å². The Bertz CT molecular complexity index is 1610. The Morgan fingerprint density at radius 1 is 0.263 bits per heavy atom. The molecule has 0 spiro atoms. The van der Waals surface area contributed by atoms with Crippen LogP contribution in [0.15, 0.2) is 109 Å². The molecule has 6 heteroatoms. The van der Waals surface area contributed by atoms with Gasteiger partial charge >= 0.3 is 17.9 Å². The molecule has 0 amide bonds. The van der Waals surface area contributed by atoms with Gasteiger partial charge in [0.25, 0.3) is 0 Å². The molecule has 0 aliphatic heterocycles. The highest BCUT2D eigenvalue weighted by Crippen LogP contribution is 2.17. The van der Waals surface area contributed by atoms with E-state index in [1.807, 2.05) is 0 Å². The molecule has 80 heavy (non-hydrogen) atoms. The molecule has 0 rings (SSSR count). The zero-order chi connectivity index (χ0) is 57.8. The van der Waals surface area contributed by atoms with Crippen LogP contribution in [0, 0.1) is 0 Å². The third-order valence-electron chi connectivity index (χ3n) is 14.5. The van der Waals surface area contributed by atoms with Gasteiger partial charge in [-0.1, -0.05) is 316 Å². The van der Waals surface area contributed by atoms with Crippen molar-refractivity contribution >= 4 is 17.9 Å². The first-order valence-corrected chi connectivity index (χ1v) is 33.9. The summed E-state index contributed by atoms with van der Waals surface area (Å²) in [4.78, 5) is 38.3. The maximum absolute atomic E-state index is 12.9. The van der Waals surface area contributed by atoms with E-state index in [9.17, 15) is 14.4 Å². The number of esters is 3. The van der Waals surface area contributed by atoms with Crippen LogP contribution in [0.5, 0.6) is 0 Å². The van der Waals surface area contributed by atoms with Gasteiger partial charge in [-0.15, -0.1) is 0 Å². The molecule has 0 aromatic rings. The highest BCUT2D eigenvalue weighted by atomic mass is 16.6. The summed E-state index contributed by atoms with van der Waals surface area (Å²) in [5, 5.41) is 0. The summed E-state index contributed by atoms with van der Waals surface area (Å²) >= 11 is 0. The fraction of sp³-hybridized carbons (Fsp3) is 0.716. The SMILES string of the molecule is CC/C=C\C/C=C\C/C=C\C/C=C\C/C=C\C/C=C\C/C=C\CCCC(=O)OC(COC(=O)CCCCCCC/C=C\C/C=C\CCC)COC(=O)CCCCCCCCCCCCCCCCCCCCCCCCCCCC. The zero-order valence-electron chi connectivity index (χ0n) is 52.6. The Morgan fingerprint density at radius 3 is 0.850 bits per heavy atom. The molecule has 0 heterocycles. The monoisotopic (exact) mass is 1110 g/mol. The Balaban J connectivity index is 4.37. The van der Waals surface area contributed by atoms with Crippen molar-refractivity contribution in [2.24, 2.45) is 0 Å². The van der Waals surface area contributed by atoms with E-state index in [2.05, 4.69) is 130 Å². The van der Waals surface area contributed by atoms with Crippen molar-refractivity contribution < 1.29 is 28.6 Å². The summed E-state index contributed by atoms with van der Waals surface area (Å²) in [6, 6.07) is 0. The molecule has 0 N–H and O–H groups in total. The summed E-state index contributed by atoms with van der Waals surface area (Å²) in [5.74, 6) is -0.970. The van der Waals surface area contributed by atoms with Crippen molar-refractivity contribution in [2.75, 3.05) is 13.2 Å². The molecule has 0 aliphatic rings. The lowest BCUT2D eigenvalue weighted by Gasteiger charge is -2.18. The molecule has 0 aliphatic carbocycles. The van der Waals surface area contributed by atoms with E-state index in [-0.39, 0.29) is 37.5 Å². The molecule has 0 saturated carbocycles. The van der Waals surface area contributed by atoms with E-state index >= 15 is 0 Å². The van der Waals surface area contributed by atoms with E-state index in [0.717, 1.165) is 122 Å². The van der Waals surface area contributed by atoms with E-state index in [1.54, 1.807) is 0 Å². The van der Waals surface area contributed by atoms with Crippen molar-refractivity contribution in [1.29, 1.82) is 0 Å². The van der Waals surface area contributed by atoms with Gasteiger partial charge in [0.2, 0.25) is 0 Å². The van der Waals surface area contributed by atoms with Crippen molar-refractivity contribution in [3.8, 4) is 0 Å². The molecule has 1 atom stereocenters. The van der Waals surface area contributed by atoms with Gasteiger partial charge in [0, 0.05) is 19.3 Å². The molecule has 0 aromatic carbocycles. The van der Waals surface area contributed by atoms with Crippen molar-refractivity contribution in [3.63, 3.8) is 0 Å². The quantitative estimate of drug-likeness (QED) is 0.0261. The molecule has 0 radical (unpaired) electrons. The number of ether oxygens (including phenoxy) is 3. The second-order valence-corrected chi connectivity index (χ2v) is 22.4. The van der Waals surface area contributed by atoms with E-state index in [1.165, 1.54) is 154 Å². The molecule has 1 unspecified atom stereocenters. The Labute approximate surface area is 495 Å². The van der Waals surface area contributed by atoms with Crippen molar-refractivity contribution in [3.05, 3.63) is 109 Å². The van der Waals surface area contributed by atoms with Crippen LogP contribution in [0.2, 0.25) is 0 Å². The first-order valence-electron chi connectivity index (χ1n) is 33.9. The molecule has 6 nitrogen and oxygen atoms in total. The maximum Gasteiger partial charge on any atom is 0.306 e. The van der Waals surface area contributed by atoms with Gasteiger partial charge in [-0.05, 0) is 96.3 Å². The first kappa shape index (κ1) is 76.1. The van der Waals surface area contributed by atoms with Crippen LogP contribution >= 0.6 is 0 Å². The van der Waals surface area contributed by atoms with Crippen LogP contribution in [-0.2, 0) is 28.6 Å². The lowest BCUT2D eigenvalue weighted by Crippen LogP contribution is -2.30. The third kappa shape index (κ3) is 64.9. The second-order valence-electron chi connectivity index (χ2n) is 22.4. The van der Waals surface area contributed by atoms with Crippen molar-refractivity contribution in [1.82, 2.24) is 0 Å². The molecule has 0 fully saturated rings. The maximum atomic E-state index is 12.9.